The highest BCUT2D eigenvalue weighted by atomic mass is 32.1. The number of amides is 2. The molecule has 4 nitrogen and oxygen atoms in total. The average molecular weight is 425 g/mol. The van der Waals surface area contributed by atoms with Gasteiger partial charge in [0.1, 0.15) is 0 Å². The highest BCUT2D eigenvalue weighted by Gasteiger charge is 2.47. The molecule has 2 aromatic rings. The second-order valence-electron chi connectivity index (χ2n) is 9.21. The summed E-state index contributed by atoms with van der Waals surface area (Å²) in [6.45, 7) is 5.21. The molecule has 1 aromatic heterocycles. The Morgan fingerprint density at radius 3 is 2.63 bits per heavy atom. The van der Waals surface area contributed by atoms with Crippen molar-refractivity contribution in [3.8, 4) is 10.4 Å². The van der Waals surface area contributed by atoms with Gasteiger partial charge in [0.25, 0.3) is 0 Å². The molecule has 5 heteroatoms. The first kappa shape index (κ1) is 21.1. The van der Waals surface area contributed by atoms with Crippen LogP contribution in [0.3, 0.4) is 0 Å². The van der Waals surface area contributed by atoms with E-state index in [1.165, 1.54) is 16.0 Å². The maximum absolute atomic E-state index is 13.4. The third-order valence-corrected chi connectivity index (χ3v) is 7.51. The Morgan fingerprint density at radius 2 is 1.93 bits per heavy atom. The molecule has 2 heterocycles. The minimum atomic E-state index is -0.564. The van der Waals surface area contributed by atoms with Crippen molar-refractivity contribution < 1.29 is 9.59 Å². The van der Waals surface area contributed by atoms with E-state index in [1.807, 2.05) is 18.7 Å². The molecule has 1 atom stereocenters. The Labute approximate surface area is 183 Å². The van der Waals surface area contributed by atoms with Gasteiger partial charge in [-0.05, 0) is 62.1 Å². The molecule has 2 amide bonds. The summed E-state index contributed by atoms with van der Waals surface area (Å²) < 4.78 is 0. The Kier molecular flexibility index (Phi) is 6.28. The van der Waals surface area contributed by atoms with Crippen LogP contribution in [0.1, 0.15) is 51.5 Å². The molecule has 0 bridgehead atoms. The maximum atomic E-state index is 13.4. The highest BCUT2D eigenvalue weighted by molar-refractivity contribution is 7.13. The molecule has 1 saturated carbocycles. The van der Waals surface area contributed by atoms with Crippen molar-refractivity contribution in [3.05, 3.63) is 47.3 Å². The van der Waals surface area contributed by atoms with E-state index >= 15 is 0 Å². The van der Waals surface area contributed by atoms with Gasteiger partial charge in [0, 0.05) is 29.9 Å². The van der Waals surface area contributed by atoms with Crippen LogP contribution < -0.4 is 5.32 Å². The monoisotopic (exact) mass is 424 g/mol. The maximum Gasteiger partial charge on any atom is 0.228 e. The second-order valence-corrected chi connectivity index (χ2v) is 10.2. The molecular weight excluding hydrogens is 392 g/mol. The van der Waals surface area contributed by atoms with Crippen molar-refractivity contribution in [1.29, 1.82) is 0 Å². The Balaban J connectivity index is 1.62. The fourth-order valence-corrected chi connectivity index (χ4v) is 5.81. The minimum absolute atomic E-state index is 0.0835. The molecule has 1 aromatic carbocycles. The van der Waals surface area contributed by atoms with E-state index in [2.05, 4.69) is 47.1 Å². The summed E-state index contributed by atoms with van der Waals surface area (Å²) in [6.07, 6.45) is 5.69. The van der Waals surface area contributed by atoms with Crippen LogP contribution in [0.4, 0.5) is 0 Å². The number of hydrogen-bond donors (Lipinski definition) is 1. The Hall–Kier alpha value is -2.14. The molecule has 1 unspecified atom stereocenters. The zero-order valence-electron chi connectivity index (χ0n) is 18.0. The van der Waals surface area contributed by atoms with E-state index in [0.717, 1.165) is 32.1 Å². The fraction of sp³-hybridized carbons (Fsp3) is 0.520. The average Bonchev–Trinajstić information content (AvgIpc) is 3.49. The molecule has 1 N–H and O–H groups in total. The van der Waals surface area contributed by atoms with Crippen molar-refractivity contribution >= 4 is 23.2 Å². The number of carbonyl (C=O) groups excluding carboxylic acids is 2. The van der Waals surface area contributed by atoms with E-state index in [1.54, 1.807) is 11.3 Å². The van der Waals surface area contributed by atoms with Crippen molar-refractivity contribution in [1.82, 2.24) is 10.2 Å². The minimum Gasteiger partial charge on any atom is -0.353 e. The van der Waals surface area contributed by atoms with Gasteiger partial charge in [-0.3, -0.25) is 9.59 Å². The van der Waals surface area contributed by atoms with E-state index in [4.69, 9.17) is 0 Å². The largest absolute Gasteiger partial charge is 0.353 e. The molecule has 2 aliphatic rings. The molecule has 1 aliphatic heterocycles. The molecule has 4 rings (SSSR count). The summed E-state index contributed by atoms with van der Waals surface area (Å²) in [5, 5.41) is 5.24. The summed E-state index contributed by atoms with van der Waals surface area (Å²) in [5.41, 5.74) is 1.82. The van der Waals surface area contributed by atoms with Gasteiger partial charge in [0.05, 0.1) is 5.41 Å². The number of likely N-dealkylation sites (tertiary alicyclic amines) is 1. The molecule has 0 spiro atoms. The van der Waals surface area contributed by atoms with Crippen LogP contribution in [-0.2, 0) is 16.0 Å². The first-order chi connectivity index (χ1) is 14.5. The van der Waals surface area contributed by atoms with E-state index in [0.29, 0.717) is 19.5 Å². The number of nitrogens with one attached hydrogen (secondary N) is 1. The number of benzene rings is 1. The number of thiophene rings is 1. The predicted octanol–water partition coefficient (Wildman–Crippen LogP) is 4.89. The Morgan fingerprint density at radius 1 is 1.17 bits per heavy atom. The molecule has 0 radical (unpaired) electrons. The molecule has 30 heavy (non-hydrogen) atoms. The van der Waals surface area contributed by atoms with Gasteiger partial charge in [0.15, 0.2) is 0 Å². The van der Waals surface area contributed by atoms with E-state index < -0.39 is 5.41 Å². The summed E-state index contributed by atoms with van der Waals surface area (Å²) >= 11 is 1.72. The third-order valence-electron chi connectivity index (χ3n) is 6.60. The lowest BCUT2D eigenvalue weighted by molar-refractivity contribution is -0.136. The van der Waals surface area contributed by atoms with Gasteiger partial charge < -0.3 is 10.2 Å². The molecular formula is C25H32N2O2S. The zero-order valence-corrected chi connectivity index (χ0v) is 18.8. The summed E-state index contributed by atoms with van der Waals surface area (Å²) in [5.74, 6) is 0.505. The number of carbonyl (C=O) groups is 2. The van der Waals surface area contributed by atoms with Crippen molar-refractivity contribution in [3.63, 3.8) is 0 Å². The molecule has 1 aliphatic carbocycles. The van der Waals surface area contributed by atoms with E-state index in [-0.39, 0.29) is 23.8 Å². The molecule has 1 saturated heterocycles. The van der Waals surface area contributed by atoms with Crippen LogP contribution in [-0.4, -0.2) is 35.8 Å². The first-order valence-electron chi connectivity index (χ1n) is 11.2. The highest BCUT2D eigenvalue weighted by Crippen LogP contribution is 2.40. The lowest BCUT2D eigenvalue weighted by Crippen LogP contribution is -2.47. The van der Waals surface area contributed by atoms with Crippen LogP contribution in [0, 0.1) is 11.3 Å². The number of nitrogens with zero attached hydrogens (tertiary/aromatic N) is 1. The van der Waals surface area contributed by atoms with Crippen molar-refractivity contribution in [2.75, 3.05) is 13.1 Å². The quantitative estimate of drug-likeness (QED) is 0.718. The van der Waals surface area contributed by atoms with E-state index in [9.17, 15) is 9.59 Å². The van der Waals surface area contributed by atoms with Gasteiger partial charge in [0.2, 0.25) is 11.8 Å². The summed E-state index contributed by atoms with van der Waals surface area (Å²) in [7, 11) is 0. The SMILES string of the molecule is CC(C)NC(=O)C1(Cc2ccccc2-c2cccs2)CCN(C(=O)C2CCCC2)C1. The first-order valence-corrected chi connectivity index (χ1v) is 12.1. The van der Waals surface area contributed by atoms with Crippen LogP contribution in [0.15, 0.2) is 41.8 Å². The van der Waals surface area contributed by atoms with Gasteiger partial charge in [-0.1, -0.05) is 43.2 Å². The Bertz CT molecular complexity index is 886. The van der Waals surface area contributed by atoms with Crippen LogP contribution in [0.5, 0.6) is 0 Å². The zero-order chi connectivity index (χ0) is 21.1. The summed E-state index contributed by atoms with van der Waals surface area (Å²) in [4.78, 5) is 29.7. The smallest absolute Gasteiger partial charge is 0.228 e. The van der Waals surface area contributed by atoms with Crippen LogP contribution >= 0.6 is 11.3 Å². The fourth-order valence-electron chi connectivity index (χ4n) is 5.03. The molecule has 160 valence electrons. The summed E-state index contributed by atoms with van der Waals surface area (Å²) in [6, 6.07) is 12.7. The molecule has 2 fully saturated rings. The number of hydrogen-bond acceptors (Lipinski definition) is 3. The van der Waals surface area contributed by atoms with Gasteiger partial charge in [-0.2, -0.15) is 0 Å². The lowest BCUT2D eigenvalue weighted by atomic mass is 9.78. The van der Waals surface area contributed by atoms with Crippen LogP contribution in [0.25, 0.3) is 10.4 Å². The van der Waals surface area contributed by atoms with Crippen LogP contribution in [0.2, 0.25) is 0 Å². The number of rotatable bonds is 6. The normalized spacial score (nSPS) is 22.0. The standard InChI is InChI=1S/C25H32N2O2S/c1-18(2)26-24(29)25(13-14-27(17-25)23(28)19-8-3-4-9-19)16-20-10-5-6-11-21(20)22-12-7-15-30-22/h5-7,10-12,15,18-19H,3-4,8-9,13-14,16-17H2,1-2H3,(H,26,29). The van der Waals surface area contributed by atoms with Crippen molar-refractivity contribution in [2.24, 2.45) is 11.3 Å². The second kappa shape index (κ2) is 8.93. The predicted molar refractivity (Wildman–Crippen MR) is 122 cm³/mol. The van der Waals surface area contributed by atoms with Crippen molar-refractivity contribution in [2.45, 2.75) is 58.4 Å². The third kappa shape index (κ3) is 4.31. The van der Waals surface area contributed by atoms with Gasteiger partial charge in [-0.15, -0.1) is 11.3 Å². The topological polar surface area (TPSA) is 49.4 Å². The lowest BCUT2D eigenvalue weighted by Gasteiger charge is -2.30. The van der Waals surface area contributed by atoms with Gasteiger partial charge >= 0.3 is 0 Å². The van der Waals surface area contributed by atoms with Gasteiger partial charge in [-0.25, -0.2) is 0 Å².